The van der Waals surface area contributed by atoms with Crippen LogP contribution < -0.4 is 25.0 Å². The first kappa shape index (κ1) is 45.6. The van der Waals surface area contributed by atoms with Crippen LogP contribution in [0.5, 0.6) is 11.5 Å². The molecule has 0 radical (unpaired) electrons. The van der Waals surface area contributed by atoms with E-state index in [2.05, 4.69) is 45.3 Å². The number of para-hydroxylation sites is 2. The van der Waals surface area contributed by atoms with Gasteiger partial charge in [-0.3, -0.25) is 20.2 Å². The number of fused-ring (bicyclic) bond motifs is 2. The van der Waals surface area contributed by atoms with E-state index in [0.29, 0.717) is 30.5 Å². The molecule has 0 aliphatic heterocycles. The number of aromatic nitrogens is 6. The molecule has 0 fully saturated rings. The third-order valence-electron chi connectivity index (χ3n) is 9.78. The second-order valence-corrected chi connectivity index (χ2v) is 14.4. The Bertz CT molecular complexity index is 3020. The average Bonchev–Trinajstić information content (AvgIpc) is 3.92. The van der Waals surface area contributed by atoms with Crippen molar-refractivity contribution in [2.75, 3.05) is 49.8 Å². The Balaban J connectivity index is 0.000000199. The number of halogens is 5. The molecule has 8 aromatic rings. The van der Waals surface area contributed by atoms with Crippen LogP contribution in [0, 0.1) is 26.0 Å². The van der Waals surface area contributed by atoms with Crippen molar-refractivity contribution in [2.45, 2.75) is 13.2 Å². The van der Waals surface area contributed by atoms with Gasteiger partial charge >= 0.3 is 18.9 Å². The van der Waals surface area contributed by atoms with Gasteiger partial charge in [0, 0.05) is 102 Å². The third kappa shape index (κ3) is 10.6. The molecule has 0 amide bonds. The predicted molar refractivity (Wildman–Crippen MR) is 236 cm³/mol. The van der Waals surface area contributed by atoms with Crippen molar-refractivity contribution < 1.29 is 41.3 Å². The van der Waals surface area contributed by atoms with Gasteiger partial charge in [-0.05, 0) is 38.4 Å². The molecule has 0 spiro atoms. The second kappa shape index (κ2) is 19.9. The van der Waals surface area contributed by atoms with E-state index in [1.165, 1.54) is 18.5 Å². The zero-order valence-electron chi connectivity index (χ0n) is 34.9. The summed E-state index contributed by atoms with van der Waals surface area (Å²) in [4.78, 5) is 48.1. The number of benzene rings is 4. The highest BCUT2D eigenvalue weighted by molar-refractivity contribution is 5.95. The highest BCUT2D eigenvalue weighted by atomic mass is 19.3. The molecule has 8 rings (SSSR count). The fraction of sp³-hybridized carbons (Fsp3) is 0.163. The fourth-order valence-electron chi connectivity index (χ4n) is 6.69. The van der Waals surface area contributed by atoms with Gasteiger partial charge in [0.05, 0.1) is 32.6 Å². The maximum Gasteiger partial charge on any atom is 0.387 e. The topological polar surface area (TPSA) is 218 Å². The summed E-state index contributed by atoms with van der Waals surface area (Å²) in [6.45, 7) is -5.35. The first-order valence-electron chi connectivity index (χ1n) is 19.5. The van der Waals surface area contributed by atoms with Gasteiger partial charge in [0.25, 0.3) is 5.69 Å². The van der Waals surface area contributed by atoms with E-state index in [-0.39, 0.29) is 40.4 Å². The summed E-state index contributed by atoms with van der Waals surface area (Å²) in [7, 11) is 5.38. The van der Waals surface area contributed by atoms with E-state index in [9.17, 15) is 42.2 Å². The van der Waals surface area contributed by atoms with Crippen LogP contribution in [0.1, 0.15) is 0 Å². The highest BCUT2D eigenvalue weighted by Crippen LogP contribution is 2.40. The minimum Gasteiger partial charge on any atom is -0.433 e. The van der Waals surface area contributed by atoms with E-state index in [1.807, 2.05) is 73.7 Å². The van der Waals surface area contributed by atoms with Gasteiger partial charge in [-0.1, -0.05) is 36.4 Å². The molecule has 340 valence electrons. The monoisotopic (exact) mass is 912 g/mol. The molecule has 4 N–H and O–H groups in total. The van der Waals surface area contributed by atoms with E-state index < -0.39 is 40.3 Å². The standard InChI is InChI=1S/C24H25F2N7O3.C19H12F3N5O3/c1-31(2)10-11-32(3)20-13-22(36-23(25)26)19(12-21(20)33(34)35)30-24-27-9-8-18(29-24)16-14-28-17-7-5-4-6-15(16)17;20-12-7-17(30-18(21)22)15(8-16(12)27(28)29)26-19-23-6-5-14(25-19)11-9-24-13-4-2-1-3-10(11)13/h4-9,12-14,23,28H,10-11H2,1-3H3,(H,27,29,30);1-9,18,24H,(H,23,25,26). The number of ether oxygens (including phenoxy) is 2. The Hall–Kier alpha value is -8.47. The zero-order valence-corrected chi connectivity index (χ0v) is 34.9. The van der Waals surface area contributed by atoms with Crippen molar-refractivity contribution in [2.24, 2.45) is 0 Å². The summed E-state index contributed by atoms with van der Waals surface area (Å²) in [5.74, 6) is -2.16. The lowest BCUT2D eigenvalue weighted by atomic mass is 10.1. The molecule has 4 aromatic heterocycles. The Labute approximate surface area is 370 Å². The predicted octanol–water partition coefficient (Wildman–Crippen LogP) is 9.89. The van der Waals surface area contributed by atoms with E-state index >= 15 is 0 Å². The van der Waals surface area contributed by atoms with Crippen molar-refractivity contribution in [3.05, 3.63) is 136 Å². The number of H-pyrrole nitrogens is 2. The molecule has 66 heavy (non-hydrogen) atoms. The summed E-state index contributed by atoms with van der Waals surface area (Å²) in [6, 6.07) is 22.2. The van der Waals surface area contributed by atoms with Crippen molar-refractivity contribution in [1.82, 2.24) is 34.8 Å². The number of hydrogen-bond donors (Lipinski definition) is 4. The molecule has 0 unspecified atom stereocenters. The first-order valence-corrected chi connectivity index (χ1v) is 19.5. The third-order valence-corrected chi connectivity index (χ3v) is 9.78. The Morgan fingerprint density at radius 1 is 0.667 bits per heavy atom. The van der Waals surface area contributed by atoms with Crippen LogP contribution in [0.4, 0.5) is 62.3 Å². The van der Waals surface area contributed by atoms with E-state index in [1.54, 1.807) is 30.3 Å². The highest BCUT2D eigenvalue weighted by Gasteiger charge is 2.25. The van der Waals surface area contributed by atoms with Gasteiger partial charge in [-0.15, -0.1) is 0 Å². The summed E-state index contributed by atoms with van der Waals surface area (Å²) >= 11 is 0. The van der Waals surface area contributed by atoms with Gasteiger partial charge in [0.2, 0.25) is 17.7 Å². The molecule has 4 heterocycles. The van der Waals surface area contributed by atoms with Crippen LogP contribution in [0.25, 0.3) is 44.3 Å². The molecule has 0 aliphatic carbocycles. The van der Waals surface area contributed by atoms with Gasteiger partial charge in [-0.25, -0.2) is 19.9 Å². The minimum atomic E-state index is -3.26. The van der Waals surface area contributed by atoms with E-state index in [4.69, 9.17) is 4.74 Å². The van der Waals surface area contributed by atoms with Crippen molar-refractivity contribution in [3.8, 4) is 34.0 Å². The summed E-state index contributed by atoms with van der Waals surface area (Å²) in [5, 5.41) is 30.1. The number of likely N-dealkylation sites (N-methyl/N-ethyl adjacent to an activating group) is 2. The molecular weight excluding hydrogens is 876 g/mol. The molecule has 0 atom stereocenters. The molecule has 0 saturated carbocycles. The average molecular weight is 913 g/mol. The molecule has 0 bridgehead atoms. The van der Waals surface area contributed by atoms with Crippen molar-refractivity contribution in [3.63, 3.8) is 0 Å². The zero-order chi connectivity index (χ0) is 47.1. The lowest BCUT2D eigenvalue weighted by molar-refractivity contribution is -0.387. The molecule has 0 aliphatic rings. The Kier molecular flexibility index (Phi) is 13.8. The number of anilines is 5. The maximum absolute atomic E-state index is 13.8. The summed E-state index contributed by atoms with van der Waals surface area (Å²) in [6.07, 6.45) is 6.51. The summed E-state index contributed by atoms with van der Waals surface area (Å²) in [5.41, 5.74) is 3.14. The van der Waals surface area contributed by atoms with Crippen molar-refractivity contribution in [1.29, 1.82) is 0 Å². The quantitative estimate of drug-likeness (QED) is 0.0403. The van der Waals surface area contributed by atoms with Gasteiger partial charge in [0.1, 0.15) is 5.69 Å². The normalized spacial score (nSPS) is 11.2. The number of nitro benzene ring substituents is 2. The van der Waals surface area contributed by atoms with Crippen LogP contribution in [-0.4, -0.2) is 92.1 Å². The number of nitro groups is 2. The van der Waals surface area contributed by atoms with Crippen LogP contribution in [0.2, 0.25) is 0 Å². The maximum atomic E-state index is 13.8. The molecule has 0 saturated heterocycles. The number of alkyl halides is 4. The van der Waals surface area contributed by atoms with Gasteiger partial charge in [-0.2, -0.15) is 22.0 Å². The summed E-state index contributed by atoms with van der Waals surface area (Å²) < 4.78 is 74.7. The van der Waals surface area contributed by atoms with Crippen LogP contribution in [-0.2, 0) is 0 Å². The lowest BCUT2D eigenvalue weighted by Gasteiger charge is -2.23. The van der Waals surface area contributed by atoms with Crippen LogP contribution in [0.3, 0.4) is 0 Å². The first-order chi connectivity index (χ1) is 31.6. The SMILES string of the molecule is CN(C)CCN(C)c1cc(OC(F)F)c(Nc2nccc(-c3c[nH]c4ccccc34)n2)cc1[N+](=O)[O-].O=[N+]([O-])c1cc(Nc2nccc(-c3c[nH]c4ccccc34)n2)c(OC(F)F)cc1F. The molecule has 23 heteroatoms. The number of aromatic amines is 2. The number of nitrogens with one attached hydrogen (secondary N) is 4. The largest absolute Gasteiger partial charge is 0.433 e. The number of rotatable bonds is 16. The van der Waals surface area contributed by atoms with Crippen LogP contribution in [0.15, 0.2) is 110 Å². The van der Waals surface area contributed by atoms with Gasteiger partial charge < -0.3 is 39.9 Å². The van der Waals surface area contributed by atoms with E-state index in [0.717, 1.165) is 45.1 Å². The molecule has 18 nitrogen and oxygen atoms in total. The molecule has 4 aromatic carbocycles. The minimum absolute atomic E-state index is 0.0437. The van der Waals surface area contributed by atoms with Crippen LogP contribution >= 0.6 is 0 Å². The van der Waals surface area contributed by atoms with Gasteiger partial charge in [0.15, 0.2) is 11.5 Å². The number of hydrogen-bond acceptors (Lipinski definition) is 14. The fourth-order valence-corrected chi connectivity index (χ4v) is 6.69. The van der Waals surface area contributed by atoms with Crippen molar-refractivity contribution >= 4 is 62.1 Å². The second-order valence-electron chi connectivity index (χ2n) is 14.4. The number of nitrogens with zero attached hydrogens (tertiary/aromatic N) is 8. The Morgan fingerprint density at radius 2 is 1.14 bits per heavy atom. The smallest absolute Gasteiger partial charge is 0.387 e. The lowest BCUT2D eigenvalue weighted by Crippen LogP contribution is -2.29. The Morgan fingerprint density at radius 3 is 1.61 bits per heavy atom. The molecular formula is C43H37F5N12O6.